The lowest BCUT2D eigenvalue weighted by atomic mass is 10.1. The number of amides is 1. The summed E-state index contributed by atoms with van der Waals surface area (Å²) in [4.78, 5) is 12.5. The van der Waals surface area contributed by atoms with Crippen LogP contribution < -0.4 is 11.1 Å². The number of benzene rings is 2. The molecule has 0 bridgehead atoms. The molecule has 1 heterocycles. The number of thioether (sulfide) groups is 1. The van der Waals surface area contributed by atoms with Crippen molar-refractivity contribution in [2.24, 2.45) is 5.73 Å². The number of carbonyl (C=O) groups is 1. The predicted octanol–water partition coefficient (Wildman–Crippen LogP) is 5.53. The van der Waals surface area contributed by atoms with Crippen LogP contribution in [-0.4, -0.2) is 27.2 Å². The van der Waals surface area contributed by atoms with Crippen molar-refractivity contribution in [1.82, 2.24) is 20.1 Å². The molecule has 0 aliphatic carbocycles. The first-order valence-electron chi connectivity index (χ1n) is 11.3. The maximum atomic E-state index is 12.5. The Bertz CT molecular complexity index is 1080. The minimum absolute atomic E-state index is 0.00556. The van der Waals surface area contributed by atoms with Crippen molar-refractivity contribution in [2.75, 3.05) is 6.54 Å². The first kappa shape index (κ1) is 25.3. The fourth-order valence-electron chi connectivity index (χ4n) is 3.60. The van der Waals surface area contributed by atoms with Gasteiger partial charge in [-0.05, 0) is 69.0 Å². The predicted molar refractivity (Wildman–Crippen MR) is 136 cm³/mol. The summed E-state index contributed by atoms with van der Waals surface area (Å²) in [6.45, 7) is 6.74. The molecule has 0 aliphatic heterocycles. The smallest absolute Gasteiger partial charge is 0.220 e. The lowest BCUT2D eigenvalue weighted by Crippen LogP contribution is -2.28. The van der Waals surface area contributed by atoms with Crippen molar-refractivity contribution < 1.29 is 4.79 Å². The first-order valence-corrected chi connectivity index (χ1v) is 12.7. The zero-order valence-electron chi connectivity index (χ0n) is 19.5. The Labute approximate surface area is 205 Å². The summed E-state index contributed by atoms with van der Waals surface area (Å²) in [7, 11) is 0. The largest absolute Gasteiger partial charge is 0.346 e. The number of carbonyl (C=O) groups excluding carboxylic acids is 1. The summed E-state index contributed by atoms with van der Waals surface area (Å²) in [5.41, 5.74) is 10.0. The molecule has 1 aromatic heterocycles. The number of aryl methyl sites for hydroxylation is 2. The molecule has 1 atom stereocenters. The van der Waals surface area contributed by atoms with E-state index in [0.717, 1.165) is 41.4 Å². The van der Waals surface area contributed by atoms with E-state index in [0.29, 0.717) is 23.8 Å². The van der Waals surface area contributed by atoms with Crippen molar-refractivity contribution in [3.05, 3.63) is 70.0 Å². The summed E-state index contributed by atoms with van der Waals surface area (Å²) in [5.74, 6) is 1.46. The number of hydrogen-bond acceptors (Lipinski definition) is 5. The maximum absolute atomic E-state index is 12.5. The quantitative estimate of drug-likeness (QED) is 0.275. The van der Waals surface area contributed by atoms with Crippen LogP contribution in [0, 0.1) is 13.8 Å². The van der Waals surface area contributed by atoms with E-state index in [9.17, 15) is 4.79 Å². The molecule has 3 N–H and O–H groups in total. The molecule has 0 radical (unpaired) electrons. The average molecular weight is 486 g/mol. The Morgan fingerprint density at radius 1 is 1.12 bits per heavy atom. The van der Waals surface area contributed by atoms with Crippen molar-refractivity contribution in [1.29, 1.82) is 0 Å². The van der Waals surface area contributed by atoms with E-state index >= 15 is 0 Å². The van der Waals surface area contributed by atoms with Gasteiger partial charge in [0.15, 0.2) is 11.0 Å². The molecule has 1 amide bonds. The Morgan fingerprint density at radius 3 is 2.67 bits per heavy atom. The molecule has 0 saturated carbocycles. The molecule has 33 heavy (non-hydrogen) atoms. The first-order chi connectivity index (χ1) is 15.9. The van der Waals surface area contributed by atoms with E-state index < -0.39 is 0 Å². The van der Waals surface area contributed by atoms with Gasteiger partial charge in [-0.2, -0.15) is 0 Å². The van der Waals surface area contributed by atoms with Crippen LogP contribution >= 0.6 is 23.4 Å². The van der Waals surface area contributed by atoms with Crippen LogP contribution in [0.3, 0.4) is 0 Å². The third kappa shape index (κ3) is 6.82. The van der Waals surface area contributed by atoms with Crippen LogP contribution in [0.1, 0.15) is 61.2 Å². The van der Waals surface area contributed by atoms with Crippen LogP contribution in [0.5, 0.6) is 0 Å². The number of halogens is 1. The van der Waals surface area contributed by atoms with E-state index in [1.807, 2.05) is 48.7 Å². The lowest BCUT2D eigenvalue weighted by Gasteiger charge is -2.18. The SMILES string of the molecule is Cc1ccccc1CSc1nnc(C(C)NC(=O)CCCCCN)n1-c1cc(Cl)ccc1C. The number of rotatable bonds is 11. The number of nitrogens with two attached hydrogens (primary N) is 1. The van der Waals surface area contributed by atoms with Crippen molar-refractivity contribution >= 4 is 29.3 Å². The van der Waals surface area contributed by atoms with Crippen LogP contribution in [-0.2, 0) is 10.5 Å². The van der Waals surface area contributed by atoms with Gasteiger partial charge in [0.05, 0.1) is 11.7 Å². The van der Waals surface area contributed by atoms with Gasteiger partial charge in [0, 0.05) is 17.2 Å². The minimum atomic E-state index is -0.300. The second kappa shape index (κ2) is 12.2. The summed E-state index contributed by atoms with van der Waals surface area (Å²) >= 11 is 7.96. The minimum Gasteiger partial charge on any atom is -0.346 e. The second-order valence-corrected chi connectivity index (χ2v) is 9.59. The summed E-state index contributed by atoms with van der Waals surface area (Å²) in [6, 6.07) is 13.8. The molecular weight excluding hydrogens is 454 g/mol. The number of hydrogen-bond donors (Lipinski definition) is 2. The Kier molecular flexibility index (Phi) is 9.35. The van der Waals surface area contributed by atoms with E-state index in [-0.39, 0.29) is 11.9 Å². The average Bonchev–Trinajstić information content (AvgIpc) is 3.21. The van der Waals surface area contributed by atoms with Crippen molar-refractivity contribution in [3.8, 4) is 5.69 Å². The number of unbranched alkanes of at least 4 members (excludes halogenated alkanes) is 2. The maximum Gasteiger partial charge on any atom is 0.220 e. The van der Waals surface area contributed by atoms with Gasteiger partial charge in [-0.15, -0.1) is 10.2 Å². The third-order valence-electron chi connectivity index (χ3n) is 5.56. The molecule has 8 heteroatoms. The molecule has 0 fully saturated rings. The monoisotopic (exact) mass is 485 g/mol. The Balaban J connectivity index is 1.86. The highest BCUT2D eigenvalue weighted by Gasteiger charge is 2.22. The Morgan fingerprint density at radius 2 is 1.91 bits per heavy atom. The van der Waals surface area contributed by atoms with E-state index in [1.165, 1.54) is 11.1 Å². The normalized spacial score (nSPS) is 12.0. The number of nitrogens with one attached hydrogen (secondary N) is 1. The lowest BCUT2D eigenvalue weighted by molar-refractivity contribution is -0.121. The van der Waals surface area contributed by atoms with Gasteiger partial charge in [0.1, 0.15) is 0 Å². The van der Waals surface area contributed by atoms with Gasteiger partial charge in [0.25, 0.3) is 0 Å². The van der Waals surface area contributed by atoms with E-state index in [2.05, 4.69) is 34.6 Å². The van der Waals surface area contributed by atoms with Crippen molar-refractivity contribution in [2.45, 2.75) is 63.4 Å². The standard InChI is InChI=1S/C25H32ClN5OS/c1-17-9-6-7-10-20(17)16-33-25-30-29-24(19(3)28-23(32)11-5-4-8-14-27)31(25)22-15-21(26)13-12-18(22)2/h6-7,9-10,12-13,15,19H,4-5,8,11,14,16,27H2,1-3H3,(H,28,32). The molecule has 0 saturated heterocycles. The van der Waals surface area contributed by atoms with E-state index in [1.54, 1.807) is 11.8 Å². The zero-order chi connectivity index (χ0) is 23.8. The summed E-state index contributed by atoms with van der Waals surface area (Å²) in [5, 5.41) is 13.5. The molecule has 2 aromatic carbocycles. The summed E-state index contributed by atoms with van der Waals surface area (Å²) < 4.78 is 2.02. The molecule has 176 valence electrons. The summed E-state index contributed by atoms with van der Waals surface area (Å²) in [6.07, 6.45) is 3.19. The Hall–Kier alpha value is -2.35. The third-order valence-corrected chi connectivity index (χ3v) is 6.77. The topological polar surface area (TPSA) is 85.8 Å². The molecular formula is C25H32ClN5OS. The molecule has 0 spiro atoms. The van der Waals surface area contributed by atoms with E-state index in [4.69, 9.17) is 17.3 Å². The fraction of sp³-hybridized carbons (Fsp3) is 0.400. The van der Waals surface area contributed by atoms with Gasteiger partial charge >= 0.3 is 0 Å². The zero-order valence-corrected chi connectivity index (χ0v) is 21.0. The van der Waals surface area contributed by atoms with Gasteiger partial charge < -0.3 is 11.1 Å². The molecule has 1 unspecified atom stereocenters. The molecule has 6 nitrogen and oxygen atoms in total. The number of nitrogens with zero attached hydrogens (tertiary/aromatic N) is 3. The van der Waals surface area contributed by atoms with Gasteiger partial charge in [-0.3, -0.25) is 9.36 Å². The molecule has 3 aromatic rings. The molecule has 3 rings (SSSR count). The van der Waals surface area contributed by atoms with Crippen LogP contribution in [0.15, 0.2) is 47.6 Å². The van der Waals surface area contributed by atoms with Crippen LogP contribution in [0.25, 0.3) is 5.69 Å². The van der Waals surface area contributed by atoms with Gasteiger partial charge in [0.2, 0.25) is 5.91 Å². The van der Waals surface area contributed by atoms with Gasteiger partial charge in [-0.25, -0.2) is 0 Å². The van der Waals surface area contributed by atoms with Crippen LogP contribution in [0.4, 0.5) is 0 Å². The highest BCUT2D eigenvalue weighted by molar-refractivity contribution is 7.98. The molecule has 0 aliphatic rings. The van der Waals surface area contributed by atoms with Crippen LogP contribution in [0.2, 0.25) is 5.02 Å². The second-order valence-electron chi connectivity index (χ2n) is 8.21. The van der Waals surface area contributed by atoms with Crippen molar-refractivity contribution in [3.63, 3.8) is 0 Å². The highest BCUT2D eigenvalue weighted by atomic mass is 35.5. The fourth-order valence-corrected chi connectivity index (χ4v) is 4.80. The van der Waals surface area contributed by atoms with Gasteiger partial charge in [-0.1, -0.05) is 60.1 Å². The highest BCUT2D eigenvalue weighted by Crippen LogP contribution is 2.31. The number of aromatic nitrogens is 3.